The van der Waals surface area contributed by atoms with Gasteiger partial charge >= 0.3 is 5.97 Å². The van der Waals surface area contributed by atoms with Gasteiger partial charge in [-0.1, -0.05) is 48.0 Å². The minimum Gasteiger partial charge on any atom is -0.444 e. The van der Waals surface area contributed by atoms with Crippen molar-refractivity contribution in [2.45, 2.75) is 17.9 Å². The fourth-order valence-electron chi connectivity index (χ4n) is 3.62. The Hall–Kier alpha value is -3.53. The van der Waals surface area contributed by atoms with Gasteiger partial charge in [0.25, 0.3) is 5.91 Å². The Bertz CT molecular complexity index is 1270. The number of aryl methyl sites for hydroxylation is 1. The molecule has 1 saturated heterocycles. The zero-order valence-corrected chi connectivity index (χ0v) is 20.0. The van der Waals surface area contributed by atoms with Crippen LogP contribution in [0.2, 0.25) is 0 Å². The van der Waals surface area contributed by atoms with Crippen LogP contribution in [0, 0.1) is 6.92 Å². The number of amides is 1. The first kappa shape index (κ1) is 24.6. The molecule has 3 aromatic carbocycles. The third-order valence-corrected chi connectivity index (χ3v) is 7.50. The molecule has 1 unspecified atom stereocenters. The van der Waals surface area contributed by atoms with E-state index in [0.717, 1.165) is 5.56 Å². The number of nitrogens with zero attached hydrogens (tertiary/aromatic N) is 1. The summed E-state index contributed by atoms with van der Waals surface area (Å²) in [4.78, 5) is 26.0. The van der Waals surface area contributed by atoms with Crippen molar-refractivity contribution in [3.8, 4) is 0 Å². The molecule has 0 aliphatic carbocycles. The number of morpholine rings is 1. The van der Waals surface area contributed by atoms with Gasteiger partial charge < -0.3 is 14.8 Å². The molecule has 0 bridgehead atoms. The molecule has 3 aromatic rings. The molecular weight excluding hydrogens is 468 g/mol. The molecule has 0 aromatic heterocycles. The van der Waals surface area contributed by atoms with Crippen molar-refractivity contribution < 1.29 is 27.5 Å². The van der Waals surface area contributed by atoms with Crippen LogP contribution in [0.1, 0.15) is 27.6 Å². The summed E-state index contributed by atoms with van der Waals surface area (Å²) < 4.78 is 37.8. The molecule has 0 saturated carbocycles. The molecule has 1 atom stereocenters. The summed E-state index contributed by atoms with van der Waals surface area (Å²) in [6.07, 6.45) is -1.19. The first-order valence-corrected chi connectivity index (χ1v) is 12.6. The zero-order chi connectivity index (χ0) is 24.8. The quantitative estimate of drug-likeness (QED) is 0.504. The van der Waals surface area contributed by atoms with Crippen LogP contribution in [0.15, 0.2) is 83.8 Å². The van der Waals surface area contributed by atoms with Gasteiger partial charge in [-0.25, -0.2) is 13.2 Å². The van der Waals surface area contributed by atoms with E-state index in [1.54, 1.807) is 42.5 Å². The van der Waals surface area contributed by atoms with E-state index in [1.807, 2.05) is 19.1 Å². The first-order chi connectivity index (χ1) is 16.8. The lowest BCUT2D eigenvalue weighted by Crippen LogP contribution is -2.40. The van der Waals surface area contributed by atoms with Gasteiger partial charge in [-0.2, -0.15) is 4.31 Å². The number of esters is 1. The minimum atomic E-state index is -3.68. The minimum absolute atomic E-state index is 0.0765. The molecule has 4 rings (SSSR count). The summed E-state index contributed by atoms with van der Waals surface area (Å²) in [6.45, 7) is 3.18. The summed E-state index contributed by atoms with van der Waals surface area (Å²) in [6, 6.07) is 21.5. The van der Waals surface area contributed by atoms with E-state index in [-0.39, 0.29) is 23.5 Å². The first-order valence-electron chi connectivity index (χ1n) is 11.2. The number of sulfonamides is 1. The van der Waals surface area contributed by atoms with Gasteiger partial charge in [-0.15, -0.1) is 0 Å². The summed E-state index contributed by atoms with van der Waals surface area (Å²) in [7, 11) is -3.68. The number of ether oxygens (including phenoxy) is 2. The number of hydrogen-bond donors (Lipinski definition) is 1. The van der Waals surface area contributed by atoms with Crippen molar-refractivity contribution in [1.29, 1.82) is 0 Å². The van der Waals surface area contributed by atoms with Crippen LogP contribution in [0.4, 0.5) is 5.69 Å². The third kappa shape index (κ3) is 5.94. The van der Waals surface area contributed by atoms with Gasteiger partial charge in [0.05, 0.1) is 23.7 Å². The summed E-state index contributed by atoms with van der Waals surface area (Å²) in [5, 5.41) is 2.78. The van der Waals surface area contributed by atoms with Crippen molar-refractivity contribution in [2.75, 3.05) is 31.6 Å². The Morgan fingerprint density at radius 3 is 2.17 bits per heavy atom. The highest BCUT2D eigenvalue weighted by Gasteiger charge is 2.28. The van der Waals surface area contributed by atoms with Crippen molar-refractivity contribution in [3.05, 3.63) is 95.6 Å². The molecule has 1 N–H and O–H groups in total. The predicted molar refractivity (Wildman–Crippen MR) is 130 cm³/mol. The van der Waals surface area contributed by atoms with Crippen molar-refractivity contribution >= 4 is 27.6 Å². The van der Waals surface area contributed by atoms with E-state index in [2.05, 4.69) is 5.32 Å². The lowest BCUT2D eigenvalue weighted by molar-refractivity contribution is -0.125. The second-order valence-electron chi connectivity index (χ2n) is 8.09. The van der Waals surface area contributed by atoms with E-state index in [1.165, 1.54) is 28.6 Å². The van der Waals surface area contributed by atoms with Gasteiger partial charge in [-0.05, 0) is 43.3 Å². The Morgan fingerprint density at radius 1 is 0.914 bits per heavy atom. The smallest absolute Gasteiger partial charge is 0.339 e. The maximum absolute atomic E-state index is 13.0. The molecule has 0 radical (unpaired) electrons. The van der Waals surface area contributed by atoms with Gasteiger partial charge in [0.2, 0.25) is 16.1 Å². The maximum Gasteiger partial charge on any atom is 0.339 e. The highest BCUT2D eigenvalue weighted by molar-refractivity contribution is 7.89. The number of benzene rings is 3. The van der Waals surface area contributed by atoms with Crippen molar-refractivity contribution in [2.24, 2.45) is 0 Å². The predicted octanol–water partition coefficient (Wildman–Crippen LogP) is 3.55. The number of rotatable bonds is 7. The van der Waals surface area contributed by atoms with Crippen molar-refractivity contribution in [1.82, 2.24) is 4.31 Å². The van der Waals surface area contributed by atoms with Gasteiger partial charge in [0.15, 0.2) is 0 Å². The summed E-state index contributed by atoms with van der Waals surface area (Å²) >= 11 is 0. The Labute approximate surface area is 204 Å². The Balaban J connectivity index is 1.51. The zero-order valence-electron chi connectivity index (χ0n) is 19.2. The maximum atomic E-state index is 13.0. The average molecular weight is 495 g/mol. The molecule has 1 aliphatic heterocycles. The SMILES string of the molecule is Cc1ccc(NC(=O)C(OC(=O)c2ccc(S(=O)(=O)N3CCOCC3)cc2)c2ccccc2)cc1. The molecule has 1 heterocycles. The molecule has 9 heteroatoms. The van der Waals surface area contributed by atoms with E-state index in [4.69, 9.17) is 9.47 Å². The van der Waals surface area contributed by atoms with Crippen LogP contribution >= 0.6 is 0 Å². The van der Waals surface area contributed by atoms with Crippen molar-refractivity contribution in [3.63, 3.8) is 0 Å². The van der Waals surface area contributed by atoms with Crippen LogP contribution in [-0.4, -0.2) is 50.9 Å². The highest BCUT2D eigenvalue weighted by atomic mass is 32.2. The lowest BCUT2D eigenvalue weighted by atomic mass is 10.1. The van der Waals surface area contributed by atoms with Crippen LogP contribution in [0.3, 0.4) is 0 Å². The van der Waals surface area contributed by atoms with Crippen LogP contribution in [-0.2, 0) is 24.3 Å². The standard InChI is InChI=1S/C26H26N2O6S/c1-19-7-11-22(12-8-19)27-25(29)24(20-5-3-2-4-6-20)34-26(30)21-9-13-23(14-10-21)35(31,32)28-15-17-33-18-16-28/h2-14,24H,15-18H2,1H3,(H,27,29). The molecule has 1 fully saturated rings. The van der Waals surface area contributed by atoms with E-state index < -0.39 is 28.0 Å². The van der Waals surface area contributed by atoms with Crippen LogP contribution < -0.4 is 5.32 Å². The molecular formula is C26H26N2O6S. The lowest BCUT2D eigenvalue weighted by Gasteiger charge is -2.26. The third-order valence-electron chi connectivity index (χ3n) is 5.58. The van der Waals surface area contributed by atoms with Gasteiger partial charge in [0.1, 0.15) is 0 Å². The number of anilines is 1. The molecule has 1 amide bonds. The average Bonchev–Trinajstić information content (AvgIpc) is 2.89. The largest absolute Gasteiger partial charge is 0.444 e. The number of hydrogen-bond acceptors (Lipinski definition) is 6. The molecule has 1 aliphatic rings. The number of carbonyl (C=O) groups is 2. The second-order valence-corrected chi connectivity index (χ2v) is 10.0. The molecule has 8 nitrogen and oxygen atoms in total. The van der Waals surface area contributed by atoms with Crippen LogP contribution in [0.5, 0.6) is 0 Å². The Kier molecular flexibility index (Phi) is 7.60. The topological polar surface area (TPSA) is 102 Å². The van der Waals surface area contributed by atoms with E-state index in [9.17, 15) is 18.0 Å². The summed E-state index contributed by atoms with van der Waals surface area (Å²) in [5.74, 6) is -1.24. The monoisotopic (exact) mass is 494 g/mol. The summed E-state index contributed by atoms with van der Waals surface area (Å²) in [5.41, 5.74) is 2.27. The Morgan fingerprint density at radius 2 is 1.54 bits per heavy atom. The number of nitrogens with one attached hydrogen (secondary N) is 1. The highest BCUT2D eigenvalue weighted by Crippen LogP contribution is 2.23. The fraction of sp³-hybridized carbons (Fsp3) is 0.231. The second kappa shape index (κ2) is 10.8. The molecule has 35 heavy (non-hydrogen) atoms. The molecule has 0 spiro atoms. The normalized spacial score (nSPS) is 15.2. The molecule has 182 valence electrons. The van der Waals surface area contributed by atoms with E-state index in [0.29, 0.717) is 24.5 Å². The number of carbonyl (C=O) groups excluding carboxylic acids is 2. The van der Waals surface area contributed by atoms with Crippen LogP contribution in [0.25, 0.3) is 0 Å². The van der Waals surface area contributed by atoms with E-state index >= 15 is 0 Å². The fourth-order valence-corrected chi connectivity index (χ4v) is 5.03. The van der Waals surface area contributed by atoms with Gasteiger partial charge in [0, 0.05) is 24.3 Å². The van der Waals surface area contributed by atoms with Gasteiger partial charge in [-0.3, -0.25) is 4.79 Å².